The first-order valence-corrected chi connectivity index (χ1v) is 9.90. The van der Waals surface area contributed by atoms with Crippen LogP contribution in [0.1, 0.15) is 12.5 Å². The Balaban J connectivity index is 1.64. The lowest BCUT2D eigenvalue weighted by molar-refractivity contribution is -0.119. The van der Waals surface area contributed by atoms with Gasteiger partial charge in [0.15, 0.2) is 0 Å². The molecule has 2 aromatic carbocycles. The van der Waals surface area contributed by atoms with E-state index in [1.165, 1.54) is 5.56 Å². The molecule has 0 saturated heterocycles. The summed E-state index contributed by atoms with van der Waals surface area (Å²) < 4.78 is 11.8. The Morgan fingerprint density at radius 3 is 2.40 bits per heavy atom. The summed E-state index contributed by atoms with van der Waals surface area (Å²) in [5, 5.41) is 2.95. The third kappa shape index (κ3) is 7.40. The Morgan fingerprint density at radius 1 is 1.12 bits per heavy atom. The van der Waals surface area contributed by atoms with E-state index in [4.69, 9.17) is 9.47 Å². The highest BCUT2D eigenvalue weighted by atomic mass is 79.9. The van der Waals surface area contributed by atoms with Crippen molar-refractivity contribution in [2.24, 2.45) is 0 Å². The predicted molar refractivity (Wildman–Crippen MR) is 106 cm³/mol. The number of carbonyl (C=O) groups excluding carboxylic acids is 1. The number of benzene rings is 2. The summed E-state index contributed by atoms with van der Waals surface area (Å²) in [7, 11) is 1.63. The van der Waals surface area contributed by atoms with Gasteiger partial charge in [-0.2, -0.15) is 0 Å². The zero-order chi connectivity index (χ0) is 18.1. The van der Waals surface area contributed by atoms with Crippen molar-refractivity contribution in [3.05, 3.63) is 58.6 Å². The average Bonchev–Trinajstić information content (AvgIpc) is 2.62. The molecule has 0 bridgehead atoms. The molecule has 2 aromatic rings. The minimum Gasteiger partial charge on any atom is -0.497 e. The van der Waals surface area contributed by atoms with E-state index in [1.807, 2.05) is 43.3 Å². The molecule has 0 aliphatic heterocycles. The van der Waals surface area contributed by atoms with Crippen LogP contribution < -0.4 is 14.8 Å². The highest BCUT2D eigenvalue weighted by Gasteiger charge is 2.08. The van der Waals surface area contributed by atoms with Crippen molar-refractivity contribution in [1.29, 1.82) is 0 Å². The highest BCUT2D eigenvalue weighted by molar-refractivity contribution is 9.10. The second-order valence-electron chi connectivity index (χ2n) is 5.57. The second-order valence-corrected chi connectivity index (χ2v) is 7.48. The Morgan fingerprint density at radius 2 is 1.76 bits per heavy atom. The molecule has 134 valence electrons. The molecule has 25 heavy (non-hydrogen) atoms. The molecule has 0 saturated carbocycles. The minimum atomic E-state index is -0.0529. The van der Waals surface area contributed by atoms with Crippen molar-refractivity contribution in [2.75, 3.05) is 19.5 Å². The molecule has 6 heteroatoms. The van der Waals surface area contributed by atoms with Gasteiger partial charge in [0.05, 0.1) is 18.9 Å². The maximum Gasteiger partial charge on any atom is 0.230 e. The fraction of sp³-hybridized carbons (Fsp3) is 0.316. The highest BCUT2D eigenvalue weighted by Crippen LogP contribution is 2.17. The van der Waals surface area contributed by atoms with Crippen molar-refractivity contribution in [2.45, 2.75) is 18.7 Å². The van der Waals surface area contributed by atoms with Crippen LogP contribution >= 0.6 is 27.7 Å². The van der Waals surface area contributed by atoms with Crippen LogP contribution in [0, 0.1) is 0 Å². The third-order valence-electron chi connectivity index (χ3n) is 3.38. The molecule has 0 radical (unpaired) electrons. The predicted octanol–water partition coefficient (Wildman–Crippen LogP) is 4.27. The number of rotatable bonds is 9. The summed E-state index contributed by atoms with van der Waals surface area (Å²) in [4.78, 5) is 12.0. The molecular weight excluding hydrogens is 402 g/mol. The first kappa shape index (κ1) is 19.7. The van der Waals surface area contributed by atoms with E-state index in [0.717, 1.165) is 21.7 Å². The number of nitrogens with one attached hydrogen (secondary N) is 1. The molecule has 4 nitrogen and oxygen atoms in total. The molecule has 0 heterocycles. The number of methoxy groups -OCH3 is 1. The van der Waals surface area contributed by atoms with E-state index >= 15 is 0 Å². The quantitative estimate of drug-likeness (QED) is 0.653. The summed E-state index contributed by atoms with van der Waals surface area (Å²) in [6.45, 7) is 2.36. The van der Waals surface area contributed by atoms with Crippen molar-refractivity contribution in [3.63, 3.8) is 0 Å². The Kier molecular flexibility index (Phi) is 8.15. The van der Waals surface area contributed by atoms with Crippen molar-refractivity contribution < 1.29 is 14.3 Å². The molecule has 0 spiro atoms. The van der Waals surface area contributed by atoms with Gasteiger partial charge in [0.2, 0.25) is 5.91 Å². The monoisotopic (exact) mass is 423 g/mol. The van der Waals surface area contributed by atoms with Crippen LogP contribution in [0.5, 0.6) is 11.5 Å². The van der Waals surface area contributed by atoms with E-state index < -0.39 is 0 Å². The number of hydrogen-bond acceptors (Lipinski definition) is 4. The first-order chi connectivity index (χ1) is 12.1. The van der Waals surface area contributed by atoms with Gasteiger partial charge in [-0.25, -0.2) is 0 Å². The molecular formula is C19H22BrNO3S. The fourth-order valence-electron chi connectivity index (χ4n) is 2.09. The summed E-state index contributed by atoms with van der Waals surface area (Å²) in [5.41, 5.74) is 1.21. The smallest absolute Gasteiger partial charge is 0.230 e. The lowest BCUT2D eigenvalue weighted by Gasteiger charge is -2.15. The topological polar surface area (TPSA) is 47.6 Å². The Labute approximate surface area is 161 Å². The Bertz CT molecular complexity index is 661. The second kappa shape index (κ2) is 10.4. The molecule has 0 aliphatic rings. The number of ether oxygens (including phenoxy) is 2. The third-order valence-corrected chi connectivity index (χ3v) is 4.91. The largest absolute Gasteiger partial charge is 0.497 e. The molecule has 1 atom stereocenters. The van der Waals surface area contributed by atoms with Gasteiger partial charge in [-0.15, -0.1) is 11.8 Å². The molecule has 2 rings (SSSR count). The number of hydrogen-bond donors (Lipinski definition) is 1. The maximum atomic E-state index is 12.0. The van der Waals surface area contributed by atoms with Gasteiger partial charge in [-0.3, -0.25) is 4.79 Å². The fourth-order valence-corrected chi connectivity index (χ4v) is 3.16. The summed E-state index contributed by atoms with van der Waals surface area (Å²) in [6, 6.07) is 15.5. The molecule has 1 N–H and O–H groups in total. The van der Waals surface area contributed by atoms with Crippen LogP contribution in [-0.2, 0) is 10.5 Å². The normalized spacial score (nSPS) is 11.6. The van der Waals surface area contributed by atoms with Crippen LogP contribution in [0.25, 0.3) is 0 Å². The van der Waals surface area contributed by atoms with Crippen LogP contribution in [0.15, 0.2) is 53.0 Å². The first-order valence-electron chi connectivity index (χ1n) is 7.95. The van der Waals surface area contributed by atoms with Gasteiger partial charge >= 0.3 is 0 Å². The zero-order valence-corrected chi connectivity index (χ0v) is 16.7. The Hall–Kier alpha value is -1.66. The SMILES string of the molecule is COc1ccc(OC[C@@H](C)NC(=O)CSCc2ccc(Br)cc2)cc1. The van der Waals surface area contributed by atoms with Crippen LogP contribution in [-0.4, -0.2) is 31.4 Å². The lowest BCUT2D eigenvalue weighted by Crippen LogP contribution is -2.37. The van der Waals surface area contributed by atoms with Crippen LogP contribution in [0.3, 0.4) is 0 Å². The molecule has 0 fully saturated rings. The van der Waals surface area contributed by atoms with E-state index in [2.05, 4.69) is 33.4 Å². The maximum absolute atomic E-state index is 12.0. The van der Waals surface area contributed by atoms with Gasteiger partial charge in [0.1, 0.15) is 18.1 Å². The van der Waals surface area contributed by atoms with Gasteiger partial charge < -0.3 is 14.8 Å². The van der Waals surface area contributed by atoms with Gasteiger partial charge in [0.25, 0.3) is 0 Å². The van der Waals surface area contributed by atoms with E-state index in [9.17, 15) is 4.79 Å². The van der Waals surface area contributed by atoms with Gasteiger partial charge in [-0.1, -0.05) is 28.1 Å². The number of halogens is 1. The average molecular weight is 424 g/mol. The van der Waals surface area contributed by atoms with E-state index in [0.29, 0.717) is 12.4 Å². The van der Waals surface area contributed by atoms with Crippen molar-refractivity contribution in [3.8, 4) is 11.5 Å². The molecule has 0 unspecified atom stereocenters. The molecule has 0 aromatic heterocycles. The zero-order valence-electron chi connectivity index (χ0n) is 14.3. The summed E-state index contributed by atoms with van der Waals surface area (Å²) in [6.07, 6.45) is 0. The van der Waals surface area contributed by atoms with Gasteiger partial charge in [-0.05, 0) is 48.9 Å². The van der Waals surface area contributed by atoms with E-state index in [-0.39, 0.29) is 11.9 Å². The minimum absolute atomic E-state index is 0.0212. The summed E-state index contributed by atoms with van der Waals surface area (Å²) >= 11 is 5.01. The molecule has 1 amide bonds. The standard InChI is InChI=1S/C19H22BrNO3S/c1-14(11-24-18-9-7-17(23-2)8-10-18)21-19(22)13-25-12-15-3-5-16(20)6-4-15/h3-10,14H,11-13H2,1-2H3,(H,21,22)/t14-/m1/s1. The van der Waals surface area contributed by atoms with Crippen LogP contribution in [0.2, 0.25) is 0 Å². The van der Waals surface area contributed by atoms with E-state index in [1.54, 1.807) is 18.9 Å². The lowest BCUT2D eigenvalue weighted by atomic mass is 10.2. The van der Waals surface area contributed by atoms with Crippen molar-refractivity contribution >= 4 is 33.6 Å². The number of thioether (sulfide) groups is 1. The van der Waals surface area contributed by atoms with Gasteiger partial charge in [0, 0.05) is 10.2 Å². The summed E-state index contributed by atoms with van der Waals surface area (Å²) in [5.74, 6) is 2.82. The number of amides is 1. The van der Waals surface area contributed by atoms with Crippen molar-refractivity contribution in [1.82, 2.24) is 5.32 Å². The number of carbonyl (C=O) groups is 1. The molecule has 0 aliphatic carbocycles. The van der Waals surface area contributed by atoms with Crippen LogP contribution in [0.4, 0.5) is 0 Å².